The van der Waals surface area contributed by atoms with Crippen LogP contribution in [0.3, 0.4) is 0 Å². The Morgan fingerprint density at radius 1 is 1.05 bits per heavy atom. The monoisotopic (exact) mass is 582 g/mol. The summed E-state index contributed by atoms with van der Waals surface area (Å²) in [6, 6.07) is 7.86. The molecular formula is C25H22ClF3N4O7. The third-order valence-electron chi connectivity index (χ3n) is 6.33. The van der Waals surface area contributed by atoms with E-state index < -0.39 is 65.9 Å². The van der Waals surface area contributed by atoms with Crippen LogP contribution in [0.5, 0.6) is 0 Å². The van der Waals surface area contributed by atoms with E-state index in [1.165, 1.54) is 42.2 Å². The molecular weight excluding hydrogens is 561 g/mol. The Kier molecular flexibility index (Phi) is 7.91. The first-order chi connectivity index (χ1) is 18.8. The summed E-state index contributed by atoms with van der Waals surface area (Å²) in [5.41, 5.74) is -0.788. The van der Waals surface area contributed by atoms with Gasteiger partial charge in [-0.25, -0.2) is 9.59 Å². The lowest BCUT2D eigenvalue weighted by Gasteiger charge is -2.37. The number of alkyl halides is 3. The van der Waals surface area contributed by atoms with Crippen molar-refractivity contribution in [3.05, 3.63) is 58.6 Å². The largest absolute Gasteiger partial charge is 0.481 e. The van der Waals surface area contributed by atoms with Gasteiger partial charge in [0.15, 0.2) is 5.92 Å². The van der Waals surface area contributed by atoms with Crippen molar-refractivity contribution in [2.75, 3.05) is 29.4 Å². The van der Waals surface area contributed by atoms with Crippen LogP contribution in [0.4, 0.5) is 34.1 Å². The molecule has 40 heavy (non-hydrogen) atoms. The molecule has 2 aliphatic heterocycles. The highest BCUT2D eigenvalue weighted by atomic mass is 35.5. The number of imide groups is 1. The van der Waals surface area contributed by atoms with Gasteiger partial charge in [0.1, 0.15) is 6.10 Å². The van der Waals surface area contributed by atoms with Crippen molar-refractivity contribution in [2.45, 2.75) is 25.7 Å². The van der Waals surface area contributed by atoms with Crippen LogP contribution in [0.25, 0.3) is 0 Å². The van der Waals surface area contributed by atoms with Crippen molar-refractivity contribution in [1.29, 1.82) is 0 Å². The highest BCUT2D eigenvalue weighted by Crippen LogP contribution is 2.37. The molecule has 212 valence electrons. The highest BCUT2D eigenvalue weighted by molar-refractivity contribution is 6.32. The van der Waals surface area contributed by atoms with Crippen molar-refractivity contribution < 1.29 is 47.0 Å². The van der Waals surface area contributed by atoms with E-state index >= 15 is 0 Å². The minimum Gasteiger partial charge on any atom is -0.481 e. The maximum atomic E-state index is 13.3. The van der Waals surface area contributed by atoms with E-state index in [4.69, 9.17) is 16.3 Å². The van der Waals surface area contributed by atoms with E-state index in [2.05, 4.69) is 5.32 Å². The number of carbonyl (C=O) groups is 5. The normalized spacial score (nSPS) is 19.6. The molecule has 2 aromatic rings. The first kappa shape index (κ1) is 28.7. The van der Waals surface area contributed by atoms with Gasteiger partial charge in [-0.2, -0.15) is 13.2 Å². The zero-order valence-corrected chi connectivity index (χ0v) is 21.5. The van der Waals surface area contributed by atoms with Crippen molar-refractivity contribution >= 4 is 52.9 Å². The molecule has 11 nitrogen and oxygen atoms in total. The molecule has 0 saturated carbocycles. The summed E-state index contributed by atoms with van der Waals surface area (Å²) in [5, 5.41) is 11.5. The van der Waals surface area contributed by atoms with Gasteiger partial charge in [-0.1, -0.05) is 23.7 Å². The molecule has 0 spiro atoms. The second-order valence-corrected chi connectivity index (χ2v) is 9.43. The van der Waals surface area contributed by atoms with Crippen LogP contribution in [0.1, 0.15) is 18.1 Å². The number of nitrogens with zero attached hydrogens (tertiary/aromatic N) is 3. The van der Waals surface area contributed by atoms with Crippen molar-refractivity contribution in [2.24, 2.45) is 5.92 Å². The third-order valence-corrected chi connectivity index (χ3v) is 6.77. The quantitative estimate of drug-likeness (QED) is 0.477. The van der Waals surface area contributed by atoms with Gasteiger partial charge < -0.3 is 15.2 Å². The fourth-order valence-corrected chi connectivity index (χ4v) is 4.60. The topological polar surface area (TPSA) is 137 Å². The summed E-state index contributed by atoms with van der Waals surface area (Å²) in [4.78, 5) is 64.3. The van der Waals surface area contributed by atoms with Crippen LogP contribution in [0.15, 0.2) is 42.5 Å². The Balaban J connectivity index is 1.57. The molecule has 2 aromatic carbocycles. The maximum Gasteiger partial charge on any atom is 0.417 e. The van der Waals surface area contributed by atoms with Crippen molar-refractivity contribution in [1.82, 2.24) is 10.2 Å². The number of aliphatic carboxylic acids is 1. The Labute approximate surface area is 230 Å². The summed E-state index contributed by atoms with van der Waals surface area (Å²) >= 11 is 5.94. The third kappa shape index (κ3) is 5.81. The Morgan fingerprint density at radius 3 is 2.25 bits per heavy atom. The zero-order valence-electron chi connectivity index (χ0n) is 20.8. The number of carbonyl (C=O) groups excluding carboxylic acids is 4. The molecule has 0 bridgehead atoms. The number of hydrogen-bond acceptors (Lipinski definition) is 6. The molecule has 15 heteroatoms. The lowest BCUT2D eigenvalue weighted by Crippen LogP contribution is -2.58. The molecule has 2 fully saturated rings. The predicted molar refractivity (Wildman–Crippen MR) is 134 cm³/mol. The first-order valence-corrected chi connectivity index (χ1v) is 12.2. The first-order valence-electron chi connectivity index (χ1n) is 11.8. The lowest BCUT2D eigenvalue weighted by atomic mass is 10.0. The molecule has 4 rings (SSSR count). The van der Waals surface area contributed by atoms with E-state index in [0.29, 0.717) is 10.6 Å². The standard InChI is InChI=1S/C25H22ClF3N4O7/c1-13(34)30-9-17-11-32(24(39)40-17)16-7-5-15(6-8-16)31-12-18(22(36)37)21(35)33(23(31)38)10-14-3-2-4-19(20(14)26)25(27,28)29/h2-8,17-18H,9-12H2,1H3,(H,30,34)(H,36,37)/t17-,18?/m0/s1. The number of carboxylic acids is 1. The van der Waals surface area contributed by atoms with Crippen LogP contribution in [0.2, 0.25) is 5.02 Å². The highest BCUT2D eigenvalue weighted by Gasteiger charge is 2.44. The number of rotatable bonds is 7. The van der Waals surface area contributed by atoms with E-state index in [0.717, 1.165) is 17.0 Å². The maximum absolute atomic E-state index is 13.3. The summed E-state index contributed by atoms with van der Waals surface area (Å²) in [5.74, 6) is -4.59. The average Bonchev–Trinajstić information content (AvgIpc) is 3.26. The predicted octanol–water partition coefficient (Wildman–Crippen LogP) is 3.49. The Hall–Kier alpha value is -4.33. The van der Waals surface area contributed by atoms with Crippen LogP contribution in [-0.2, 0) is 31.8 Å². The van der Waals surface area contributed by atoms with E-state index in [-0.39, 0.29) is 30.2 Å². The van der Waals surface area contributed by atoms with Gasteiger partial charge in [-0.05, 0) is 35.9 Å². The molecule has 0 radical (unpaired) electrons. The van der Waals surface area contributed by atoms with Gasteiger partial charge in [0, 0.05) is 24.8 Å². The smallest absolute Gasteiger partial charge is 0.417 e. The molecule has 0 aliphatic carbocycles. The second-order valence-electron chi connectivity index (χ2n) is 9.05. The molecule has 2 heterocycles. The number of cyclic esters (lactones) is 1. The summed E-state index contributed by atoms with van der Waals surface area (Å²) in [6.07, 6.45) is -6.03. The van der Waals surface area contributed by atoms with Crippen molar-refractivity contribution in [3.8, 4) is 0 Å². The Bertz CT molecular complexity index is 1370. The Morgan fingerprint density at radius 2 is 1.68 bits per heavy atom. The fraction of sp³-hybridized carbons (Fsp3) is 0.320. The SMILES string of the molecule is CC(=O)NC[C@H]1CN(c2ccc(N3CC(C(=O)O)C(=O)N(Cc4cccc(C(F)(F)F)c4Cl)C3=O)cc2)C(=O)O1. The number of halogens is 4. The van der Waals surface area contributed by atoms with Gasteiger partial charge in [0.25, 0.3) is 0 Å². The average molecular weight is 583 g/mol. The summed E-state index contributed by atoms with van der Waals surface area (Å²) in [7, 11) is 0. The van der Waals surface area contributed by atoms with Gasteiger partial charge in [-0.15, -0.1) is 0 Å². The minimum atomic E-state index is -4.79. The number of amides is 5. The van der Waals surface area contributed by atoms with Gasteiger partial charge >= 0.3 is 24.3 Å². The number of nitrogens with one attached hydrogen (secondary N) is 1. The molecule has 1 unspecified atom stereocenters. The second kappa shape index (κ2) is 11.0. The van der Waals surface area contributed by atoms with Crippen LogP contribution in [-0.4, -0.2) is 65.7 Å². The van der Waals surface area contributed by atoms with E-state index in [9.17, 15) is 42.3 Å². The number of benzene rings is 2. The van der Waals surface area contributed by atoms with Crippen LogP contribution >= 0.6 is 11.6 Å². The van der Waals surface area contributed by atoms with E-state index in [1.807, 2.05) is 0 Å². The lowest BCUT2D eigenvalue weighted by molar-refractivity contribution is -0.150. The number of carboxylic acid groups (broad SMARTS) is 1. The van der Waals surface area contributed by atoms with Gasteiger partial charge in [0.2, 0.25) is 11.8 Å². The number of hydrogen-bond donors (Lipinski definition) is 2. The molecule has 5 amide bonds. The molecule has 2 atom stereocenters. The summed E-state index contributed by atoms with van der Waals surface area (Å²) < 4.78 is 45.1. The molecule has 2 aliphatic rings. The van der Waals surface area contributed by atoms with Crippen molar-refractivity contribution in [3.63, 3.8) is 0 Å². The molecule has 2 N–H and O–H groups in total. The number of ether oxygens (including phenoxy) is 1. The zero-order chi connectivity index (χ0) is 29.4. The number of anilines is 2. The molecule has 0 aromatic heterocycles. The van der Waals surface area contributed by atoms with Gasteiger partial charge in [-0.3, -0.25) is 29.1 Å². The van der Waals surface area contributed by atoms with Crippen LogP contribution in [0, 0.1) is 5.92 Å². The molecule has 2 saturated heterocycles. The van der Waals surface area contributed by atoms with E-state index in [1.54, 1.807) is 0 Å². The number of urea groups is 1. The minimum absolute atomic E-state index is 0.119. The van der Waals surface area contributed by atoms with Gasteiger partial charge in [0.05, 0.1) is 30.2 Å². The van der Waals surface area contributed by atoms with Crippen LogP contribution < -0.4 is 15.1 Å². The fourth-order valence-electron chi connectivity index (χ4n) is 4.31. The summed E-state index contributed by atoms with van der Waals surface area (Å²) in [6.45, 7) is 0.376.